The van der Waals surface area contributed by atoms with Gasteiger partial charge in [-0.25, -0.2) is 38.6 Å². The summed E-state index contributed by atoms with van der Waals surface area (Å²) in [6.45, 7) is -1.88. The number of halogens is 3. The molecule has 2 fully saturated rings. The minimum absolute atomic E-state index is 0.00746. The van der Waals surface area contributed by atoms with E-state index in [1.165, 1.54) is 176 Å². The molecule has 2 aliphatic heterocycles. The van der Waals surface area contributed by atoms with E-state index < -0.39 is 128 Å². The number of nitrogens with zero attached hydrogens (tertiary/aromatic N) is 1. The van der Waals surface area contributed by atoms with Crippen molar-refractivity contribution in [1.29, 1.82) is 0 Å². The summed E-state index contributed by atoms with van der Waals surface area (Å²) in [5, 5.41) is 0. The maximum absolute atomic E-state index is 15.5. The number of rotatable bonds is 20. The molecule has 464 valence electrons. The number of carbonyl (C=O) groups is 7. The van der Waals surface area contributed by atoms with E-state index >= 15 is 13.2 Å². The maximum atomic E-state index is 15.5. The van der Waals surface area contributed by atoms with Crippen LogP contribution in [0.5, 0.6) is 0 Å². The molecule has 0 aromatic heterocycles. The lowest BCUT2D eigenvalue weighted by atomic mass is 9.96. The summed E-state index contributed by atoms with van der Waals surface area (Å²) in [5.74, 6) is -9.51. The third-order valence-electron chi connectivity index (χ3n) is 14.0. The Morgan fingerprint density at radius 3 is 0.912 bits per heavy atom. The van der Waals surface area contributed by atoms with Crippen molar-refractivity contribution < 1.29 is 98.8 Å². The molecule has 2 saturated heterocycles. The Bertz CT molecular complexity index is 3780. The molecule has 0 saturated carbocycles. The van der Waals surface area contributed by atoms with Gasteiger partial charge in [0.15, 0.2) is 36.8 Å². The number of carbonyl (C=O) groups excluding carboxylic acids is 7. The summed E-state index contributed by atoms with van der Waals surface area (Å²) in [7, 11) is 0. The Morgan fingerprint density at radius 1 is 0.319 bits per heavy atom. The molecule has 19 nitrogen and oxygen atoms in total. The first-order valence-corrected chi connectivity index (χ1v) is 28.3. The zero-order valence-electron chi connectivity index (χ0n) is 47.7. The maximum Gasteiger partial charge on any atom is 0.468 e. The van der Waals surface area contributed by atoms with Gasteiger partial charge in [0.1, 0.15) is 18.8 Å². The van der Waals surface area contributed by atoms with Gasteiger partial charge in [-0.15, -0.1) is 0 Å². The number of benzene rings is 8. The summed E-state index contributed by atoms with van der Waals surface area (Å²) >= 11 is 0. The Labute approximate surface area is 517 Å². The van der Waals surface area contributed by atoms with Gasteiger partial charge in [-0.2, -0.15) is 13.2 Å². The van der Waals surface area contributed by atoms with Crippen molar-refractivity contribution >= 4 is 53.4 Å². The molecule has 2 heterocycles. The first-order valence-electron chi connectivity index (χ1n) is 28.3. The molecule has 8 aromatic carbocycles. The van der Waals surface area contributed by atoms with Gasteiger partial charge >= 0.3 is 48.0 Å². The smallest absolute Gasteiger partial charge is 0.459 e. The Hall–Kier alpha value is -10.8. The van der Waals surface area contributed by atoms with Gasteiger partial charge in [-0.1, -0.05) is 146 Å². The summed E-state index contributed by atoms with van der Waals surface area (Å²) < 4.78 is 114. The predicted molar refractivity (Wildman–Crippen MR) is 315 cm³/mol. The SMILES string of the molecule is O=C(OC[C@H]1O[C@@H](OC[C@H]2OC(OC(=Nc3ccccc3)C(F)(F)F)[C@H](OC(=O)c3ccccc3)[C@@H](OC(=O)c3ccccc3)[C@@H]2OC(=O)c2ccccc2)[C@H](OC(=O)c2ccccc2)[C@@H](OC(=O)c2ccccc2)[C@@H]1OC(=O)c1ccccc1)c1ccccc1. The average Bonchev–Trinajstić information content (AvgIpc) is 1.24. The van der Waals surface area contributed by atoms with Crippen LogP contribution in [0.1, 0.15) is 72.5 Å². The van der Waals surface area contributed by atoms with E-state index in [-0.39, 0.29) is 44.6 Å². The van der Waals surface area contributed by atoms with Crippen molar-refractivity contribution in [1.82, 2.24) is 0 Å². The lowest BCUT2D eigenvalue weighted by Gasteiger charge is -2.46. The number of hydrogen-bond acceptors (Lipinski definition) is 19. The van der Waals surface area contributed by atoms with Crippen molar-refractivity contribution in [3.63, 3.8) is 0 Å². The molecule has 0 spiro atoms. The molecule has 91 heavy (non-hydrogen) atoms. The molecule has 22 heteroatoms. The number of hydrogen-bond donors (Lipinski definition) is 0. The van der Waals surface area contributed by atoms with E-state index in [0.717, 1.165) is 0 Å². The van der Waals surface area contributed by atoms with Crippen LogP contribution in [0.2, 0.25) is 0 Å². The van der Waals surface area contributed by atoms with Gasteiger partial charge < -0.3 is 52.1 Å². The van der Waals surface area contributed by atoms with Gasteiger partial charge in [0.05, 0.1) is 51.2 Å². The van der Waals surface area contributed by atoms with Crippen LogP contribution in [-0.2, 0) is 52.1 Å². The van der Waals surface area contributed by atoms with Gasteiger partial charge in [-0.3, -0.25) is 0 Å². The molecule has 8 aromatic rings. The second-order valence-corrected chi connectivity index (χ2v) is 20.2. The summed E-state index contributed by atoms with van der Waals surface area (Å²) in [6, 6.07) is 58.7. The molecule has 10 rings (SSSR count). The third kappa shape index (κ3) is 16.5. The van der Waals surface area contributed by atoms with E-state index in [0.29, 0.717) is 0 Å². The molecular weight excluding hydrogens is 1190 g/mol. The highest BCUT2D eigenvalue weighted by atomic mass is 19.4. The zero-order chi connectivity index (χ0) is 63.7. The molecule has 10 atom stereocenters. The van der Waals surface area contributed by atoms with E-state index in [4.69, 9.17) is 52.1 Å². The van der Waals surface area contributed by atoms with Crippen LogP contribution in [0.15, 0.2) is 248 Å². The predicted octanol–water partition coefficient (Wildman–Crippen LogP) is 11.0. The van der Waals surface area contributed by atoms with E-state index in [2.05, 4.69) is 4.99 Å². The fourth-order valence-electron chi connectivity index (χ4n) is 9.54. The summed E-state index contributed by atoms with van der Waals surface area (Å²) in [6.07, 6.45) is -26.3. The first-order chi connectivity index (χ1) is 44.2. The van der Waals surface area contributed by atoms with Crippen molar-refractivity contribution in [3.8, 4) is 0 Å². The van der Waals surface area contributed by atoms with Gasteiger partial charge in [0.2, 0.25) is 12.4 Å². The topological polar surface area (TPSA) is 233 Å². The molecule has 0 bridgehead atoms. The number of alkyl halides is 3. The monoisotopic (exact) mass is 1240 g/mol. The number of aliphatic imine (C=N–C) groups is 1. The largest absolute Gasteiger partial charge is 0.468 e. The minimum atomic E-state index is -5.43. The second-order valence-electron chi connectivity index (χ2n) is 20.2. The molecule has 1 unspecified atom stereocenters. The Balaban J connectivity index is 1.12. The van der Waals surface area contributed by atoms with Crippen LogP contribution in [0.4, 0.5) is 18.9 Å². The highest BCUT2D eigenvalue weighted by molar-refractivity contribution is 5.93. The highest BCUT2D eigenvalue weighted by Crippen LogP contribution is 2.37. The van der Waals surface area contributed by atoms with Crippen molar-refractivity contribution in [3.05, 3.63) is 282 Å². The minimum Gasteiger partial charge on any atom is -0.459 e. The molecular formula is C69H54F3NO18. The zero-order valence-corrected chi connectivity index (χ0v) is 47.7. The van der Waals surface area contributed by atoms with E-state index in [1.54, 1.807) is 66.7 Å². The lowest BCUT2D eigenvalue weighted by molar-refractivity contribution is -0.322. The van der Waals surface area contributed by atoms with Crippen LogP contribution in [0.25, 0.3) is 0 Å². The van der Waals surface area contributed by atoms with Crippen LogP contribution in [0, 0.1) is 0 Å². The standard InChI is InChI=1S/C69H54F3NO18/c70-69(71,72)68(73-50-39-23-8-24-40-50)91-67-58(90-65(80)49-37-21-7-22-38-49)56(88-63(78)47-33-17-5-18-34-47)54(86-61(76)45-29-13-3-14-30-45)52(84-67)42-82-66-57(89-64(79)48-35-19-6-20-36-48)55(87-62(77)46-31-15-4-16-32-46)53(85-60(75)44-27-11-2-12-28-44)51(83-66)41-81-59(74)43-25-9-1-10-26-43/h1-40,51-58,66-67H,41-42H2/t51-,52-,53-,54-,55+,56+,57-,58-,66-,67?/m1/s1. The molecule has 0 aliphatic carbocycles. The summed E-state index contributed by atoms with van der Waals surface area (Å²) in [4.78, 5) is 104. The fraction of sp³-hybridized carbons (Fsp3) is 0.188. The molecule has 2 aliphatic rings. The van der Waals surface area contributed by atoms with Crippen LogP contribution in [-0.4, -0.2) is 128 Å². The Morgan fingerprint density at radius 2 is 0.582 bits per heavy atom. The summed E-state index contributed by atoms with van der Waals surface area (Å²) in [5.41, 5.74) is -0.664. The normalized spacial score (nSPS) is 21.3. The highest BCUT2D eigenvalue weighted by Gasteiger charge is 2.58. The average molecular weight is 1240 g/mol. The first kappa shape index (κ1) is 63.2. The van der Waals surface area contributed by atoms with Gasteiger partial charge in [-0.05, 0) is 97.1 Å². The van der Waals surface area contributed by atoms with Gasteiger partial charge in [0.25, 0.3) is 5.90 Å². The van der Waals surface area contributed by atoms with Crippen molar-refractivity contribution in [2.24, 2.45) is 4.99 Å². The number of ether oxygens (including phenoxy) is 11. The second kappa shape index (κ2) is 29.9. The van der Waals surface area contributed by atoms with Crippen LogP contribution >= 0.6 is 0 Å². The lowest BCUT2D eigenvalue weighted by Crippen LogP contribution is -2.65. The van der Waals surface area contributed by atoms with Crippen molar-refractivity contribution in [2.45, 2.75) is 67.6 Å². The van der Waals surface area contributed by atoms with Crippen molar-refractivity contribution in [2.75, 3.05) is 13.2 Å². The van der Waals surface area contributed by atoms with Gasteiger partial charge in [0, 0.05) is 0 Å². The molecule has 0 radical (unpaired) electrons. The van der Waals surface area contributed by atoms with E-state index in [1.807, 2.05) is 0 Å². The number of para-hydroxylation sites is 1. The molecule has 0 amide bonds. The Kier molecular flexibility index (Phi) is 20.8. The molecule has 0 N–H and O–H groups in total. The van der Waals surface area contributed by atoms with E-state index in [9.17, 15) is 33.6 Å². The third-order valence-corrected chi connectivity index (χ3v) is 14.0. The van der Waals surface area contributed by atoms with Crippen LogP contribution in [0.3, 0.4) is 0 Å². The quantitative estimate of drug-likeness (QED) is 0.0299. The number of esters is 7. The van der Waals surface area contributed by atoms with Crippen LogP contribution < -0.4 is 0 Å². The fourth-order valence-corrected chi connectivity index (χ4v) is 9.54.